The van der Waals surface area contributed by atoms with Crippen molar-refractivity contribution < 1.29 is 14.3 Å². The Morgan fingerprint density at radius 1 is 1.27 bits per heavy atom. The zero-order valence-corrected chi connectivity index (χ0v) is 14.4. The minimum absolute atomic E-state index is 0.143. The van der Waals surface area contributed by atoms with Crippen LogP contribution in [0, 0.1) is 24.2 Å². The maximum absolute atomic E-state index is 12.9. The van der Waals surface area contributed by atoms with Crippen molar-refractivity contribution in [1.82, 2.24) is 0 Å². The number of halogens is 1. The number of aryl methyl sites for hydroxylation is 1. The van der Waals surface area contributed by atoms with E-state index in [1.165, 1.54) is 7.11 Å². The van der Waals surface area contributed by atoms with E-state index in [1.807, 2.05) is 25.1 Å². The van der Waals surface area contributed by atoms with E-state index in [4.69, 9.17) is 4.74 Å². The van der Waals surface area contributed by atoms with Crippen molar-refractivity contribution in [1.29, 1.82) is 0 Å². The molecule has 4 nitrogen and oxygen atoms in total. The van der Waals surface area contributed by atoms with Crippen LogP contribution in [0.1, 0.15) is 31.2 Å². The van der Waals surface area contributed by atoms with Crippen molar-refractivity contribution in [2.45, 2.75) is 32.6 Å². The lowest BCUT2D eigenvalue weighted by Crippen LogP contribution is -2.35. The van der Waals surface area contributed by atoms with E-state index in [0.29, 0.717) is 0 Å². The third-order valence-corrected chi connectivity index (χ3v) is 5.66. The standard InChI is InChI=1S/C17H20BrNO3/c1-10-9-11(18)7-8-14(10)19-15(20)17(16(21)22-2)12-5-3-4-6-13(12)17/h7-9,12-13H,3-6H2,1-2H3,(H,19,20). The molecule has 0 spiro atoms. The summed E-state index contributed by atoms with van der Waals surface area (Å²) in [6.45, 7) is 1.94. The van der Waals surface area contributed by atoms with Crippen LogP contribution in [0.15, 0.2) is 22.7 Å². The number of ether oxygens (including phenoxy) is 1. The number of nitrogens with one attached hydrogen (secondary N) is 1. The molecule has 0 bridgehead atoms. The summed E-state index contributed by atoms with van der Waals surface area (Å²) < 4.78 is 5.93. The van der Waals surface area contributed by atoms with Crippen LogP contribution >= 0.6 is 15.9 Å². The van der Waals surface area contributed by atoms with Gasteiger partial charge in [0.2, 0.25) is 5.91 Å². The molecule has 0 saturated heterocycles. The van der Waals surface area contributed by atoms with E-state index in [2.05, 4.69) is 21.2 Å². The molecule has 1 aromatic carbocycles. The van der Waals surface area contributed by atoms with Gasteiger partial charge in [-0.1, -0.05) is 28.8 Å². The van der Waals surface area contributed by atoms with Crippen molar-refractivity contribution in [3.8, 4) is 0 Å². The Hall–Kier alpha value is -1.36. The lowest BCUT2D eigenvalue weighted by Gasteiger charge is -2.17. The summed E-state index contributed by atoms with van der Waals surface area (Å²) in [5.41, 5.74) is 0.747. The van der Waals surface area contributed by atoms with Gasteiger partial charge in [-0.2, -0.15) is 0 Å². The Morgan fingerprint density at radius 2 is 1.91 bits per heavy atom. The molecule has 0 aromatic heterocycles. The van der Waals surface area contributed by atoms with Crippen LogP contribution in [0.2, 0.25) is 0 Å². The smallest absolute Gasteiger partial charge is 0.321 e. The molecule has 22 heavy (non-hydrogen) atoms. The zero-order valence-electron chi connectivity index (χ0n) is 12.8. The highest BCUT2D eigenvalue weighted by molar-refractivity contribution is 9.10. The van der Waals surface area contributed by atoms with Crippen molar-refractivity contribution in [2.75, 3.05) is 12.4 Å². The molecular weight excluding hydrogens is 346 g/mol. The summed E-state index contributed by atoms with van der Waals surface area (Å²) in [7, 11) is 1.37. The number of hydrogen-bond donors (Lipinski definition) is 1. The second-order valence-corrected chi connectivity index (χ2v) is 7.19. The van der Waals surface area contributed by atoms with Gasteiger partial charge in [0.25, 0.3) is 0 Å². The SMILES string of the molecule is COC(=O)C1(C(=O)Nc2ccc(Br)cc2C)C2CCCCC21. The first-order valence-electron chi connectivity index (χ1n) is 7.67. The topological polar surface area (TPSA) is 55.4 Å². The third-order valence-electron chi connectivity index (χ3n) is 5.16. The van der Waals surface area contributed by atoms with Crippen molar-refractivity contribution in [3.63, 3.8) is 0 Å². The summed E-state index contributed by atoms with van der Waals surface area (Å²) in [5.74, 6) is -0.299. The number of methoxy groups -OCH3 is 1. The predicted molar refractivity (Wildman–Crippen MR) is 87.4 cm³/mol. The van der Waals surface area contributed by atoms with E-state index in [-0.39, 0.29) is 23.7 Å². The van der Waals surface area contributed by atoms with E-state index in [0.717, 1.165) is 41.4 Å². The molecular formula is C17H20BrNO3. The molecule has 2 atom stereocenters. The molecule has 118 valence electrons. The first-order valence-corrected chi connectivity index (χ1v) is 8.47. The van der Waals surface area contributed by atoms with Crippen molar-refractivity contribution in [3.05, 3.63) is 28.2 Å². The maximum Gasteiger partial charge on any atom is 0.321 e. The van der Waals surface area contributed by atoms with Crippen molar-refractivity contribution in [2.24, 2.45) is 17.3 Å². The number of hydrogen-bond acceptors (Lipinski definition) is 3. The fraction of sp³-hybridized carbons (Fsp3) is 0.529. The fourth-order valence-electron chi connectivity index (χ4n) is 4.02. The third kappa shape index (κ3) is 2.26. The number of esters is 1. The highest BCUT2D eigenvalue weighted by Gasteiger charge is 2.74. The number of carbonyl (C=O) groups excluding carboxylic acids is 2. The molecule has 2 saturated carbocycles. The number of amides is 1. The zero-order chi connectivity index (χ0) is 15.9. The number of carbonyl (C=O) groups is 2. The predicted octanol–water partition coefficient (Wildman–Crippen LogP) is 3.68. The van der Waals surface area contributed by atoms with Crippen molar-refractivity contribution >= 4 is 33.5 Å². The number of anilines is 1. The van der Waals surface area contributed by atoms with Crippen LogP contribution in [-0.4, -0.2) is 19.0 Å². The van der Waals surface area contributed by atoms with Gasteiger partial charge in [-0.05, 0) is 55.4 Å². The Bertz CT molecular complexity index is 616. The number of rotatable bonds is 3. The monoisotopic (exact) mass is 365 g/mol. The molecule has 0 radical (unpaired) electrons. The lowest BCUT2D eigenvalue weighted by molar-refractivity contribution is -0.152. The molecule has 0 heterocycles. The molecule has 2 unspecified atom stereocenters. The number of benzene rings is 1. The van der Waals surface area contributed by atoms with Gasteiger partial charge >= 0.3 is 5.97 Å². The molecule has 1 amide bonds. The fourth-order valence-corrected chi connectivity index (χ4v) is 4.49. The van der Waals surface area contributed by atoms with E-state index in [1.54, 1.807) is 0 Å². The average molecular weight is 366 g/mol. The second kappa shape index (κ2) is 5.69. The summed E-state index contributed by atoms with van der Waals surface area (Å²) in [6, 6.07) is 5.68. The van der Waals surface area contributed by atoms with E-state index < -0.39 is 5.41 Å². The Labute approximate surface area is 138 Å². The quantitative estimate of drug-likeness (QED) is 0.656. The van der Waals surface area contributed by atoms with E-state index >= 15 is 0 Å². The Kier molecular flexibility index (Phi) is 4.02. The van der Waals surface area contributed by atoms with Gasteiger partial charge in [0.15, 0.2) is 5.41 Å². The Morgan fingerprint density at radius 3 is 2.45 bits per heavy atom. The normalized spacial score (nSPS) is 29.4. The highest BCUT2D eigenvalue weighted by atomic mass is 79.9. The minimum atomic E-state index is -0.967. The molecule has 5 heteroatoms. The van der Waals surface area contributed by atoms with Crippen LogP contribution in [0.4, 0.5) is 5.69 Å². The van der Waals surface area contributed by atoms with Crippen LogP contribution in [-0.2, 0) is 14.3 Å². The minimum Gasteiger partial charge on any atom is -0.468 e. The second-order valence-electron chi connectivity index (χ2n) is 6.27. The van der Waals surface area contributed by atoms with Gasteiger partial charge in [0.05, 0.1) is 7.11 Å². The Balaban J connectivity index is 1.86. The van der Waals surface area contributed by atoms with Crippen LogP contribution in [0.25, 0.3) is 0 Å². The molecule has 1 N–H and O–H groups in total. The summed E-state index contributed by atoms with van der Waals surface area (Å²) in [6.07, 6.45) is 4.05. The molecule has 2 fully saturated rings. The average Bonchev–Trinajstić information content (AvgIpc) is 3.19. The maximum atomic E-state index is 12.9. The molecule has 3 rings (SSSR count). The molecule has 2 aliphatic carbocycles. The van der Waals surface area contributed by atoms with Gasteiger partial charge in [0, 0.05) is 10.2 Å². The molecule has 2 aliphatic rings. The van der Waals surface area contributed by atoms with Crippen LogP contribution in [0.5, 0.6) is 0 Å². The van der Waals surface area contributed by atoms with Gasteiger partial charge in [0.1, 0.15) is 0 Å². The van der Waals surface area contributed by atoms with Crippen LogP contribution in [0.3, 0.4) is 0 Å². The van der Waals surface area contributed by atoms with Gasteiger partial charge in [-0.3, -0.25) is 9.59 Å². The van der Waals surface area contributed by atoms with Gasteiger partial charge < -0.3 is 10.1 Å². The number of fused-ring (bicyclic) bond motifs is 1. The largest absolute Gasteiger partial charge is 0.468 e. The van der Waals surface area contributed by atoms with Gasteiger partial charge in [-0.25, -0.2) is 0 Å². The highest BCUT2D eigenvalue weighted by Crippen LogP contribution is 2.66. The lowest BCUT2D eigenvalue weighted by atomic mass is 9.99. The first kappa shape index (κ1) is 15.5. The molecule has 0 aliphatic heterocycles. The van der Waals surface area contributed by atoms with Crippen LogP contribution < -0.4 is 5.32 Å². The van der Waals surface area contributed by atoms with E-state index in [9.17, 15) is 9.59 Å². The summed E-state index contributed by atoms with van der Waals surface area (Å²) in [4.78, 5) is 25.2. The molecule has 1 aromatic rings. The summed E-state index contributed by atoms with van der Waals surface area (Å²) in [5, 5.41) is 2.95. The van der Waals surface area contributed by atoms with Gasteiger partial charge in [-0.15, -0.1) is 0 Å². The first-order chi connectivity index (χ1) is 10.5. The summed E-state index contributed by atoms with van der Waals surface area (Å²) >= 11 is 3.41.